The minimum Gasteiger partial charge on any atom is -0.326 e. The molecule has 6 heteroatoms. The van der Waals surface area contributed by atoms with Crippen LogP contribution in [0.25, 0.3) is 5.69 Å². The number of hydrogen-bond acceptors (Lipinski definition) is 2. The third kappa shape index (κ3) is 2.31. The van der Waals surface area contributed by atoms with Crippen LogP contribution in [0.5, 0.6) is 0 Å². The second kappa shape index (κ2) is 5.66. The lowest BCUT2D eigenvalue weighted by atomic mass is 10.1. The second-order valence-corrected chi connectivity index (χ2v) is 4.42. The summed E-state index contributed by atoms with van der Waals surface area (Å²) in [5, 5.41) is 4.33. The van der Waals surface area contributed by atoms with Gasteiger partial charge in [-0.2, -0.15) is 5.10 Å². The Labute approximate surface area is 115 Å². The third-order valence-electron chi connectivity index (χ3n) is 3.26. The maximum atomic E-state index is 13.4. The smallest absolute Gasteiger partial charge is 0.194 e. The SMILES string of the molecule is CCc1nn(-c2cc(F)c(F)c(F)c2)c(CC)c1CN. The fraction of sp³-hybridized carbons (Fsp3) is 0.357. The van der Waals surface area contributed by atoms with Crippen molar-refractivity contribution < 1.29 is 13.2 Å². The van der Waals surface area contributed by atoms with Crippen LogP contribution in [0.15, 0.2) is 12.1 Å². The van der Waals surface area contributed by atoms with Gasteiger partial charge in [-0.3, -0.25) is 0 Å². The molecule has 2 aromatic rings. The molecular weight excluding hydrogens is 267 g/mol. The molecular formula is C14H16F3N3. The molecule has 3 nitrogen and oxygen atoms in total. The summed E-state index contributed by atoms with van der Waals surface area (Å²) < 4.78 is 41.2. The lowest BCUT2D eigenvalue weighted by Crippen LogP contribution is -2.06. The summed E-state index contributed by atoms with van der Waals surface area (Å²) in [5.74, 6) is -3.94. The van der Waals surface area contributed by atoms with E-state index in [1.54, 1.807) is 0 Å². The van der Waals surface area contributed by atoms with Gasteiger partial charge in [-0.15, -0.1) is 0 Å². The first-order chi connectivity index (χ1) is 9.53. The largest absolute Gasteiger partial charge is 0.326 e. The van der Waals surface area contributed by atoms with Crippen LogP contribution in [-0.2, 0) is 19.4 Å². The van der Waals surface area contributed by atoms with Crippen molar-refractivity contribution in [3.05, 3.63) is 46.5 Å². The molecule has 0 atom stereocenters. The van der Waals surface area contributed by atoms with Crippen LogP contribution < -0.4 is 5.73 Å². The summed E-state index contributed by atoms with van der Waals surface area (Å²) in [6.07, 6.45) is 1.28. The first-order valence-corrected chi connectivity index (χ1v) is 6.48. The van der Waals surface area contributed by atoms with Crippen LogP contribution in [0, 0.1) is 17.5 Å². The molecule has 1 aromatic carbocycles. The van der Waals surface area contributed by atoms with Crippen molar-refractivity contribution in [3.63, 3.8) is 0 Å². The fourth-order valence-corrected chi connectivity index (χ4v) is 2.30. The van der Waals surface area contributed by atoms with Crippen LogP contribution in [0.3, 0.4) is 0 Å². The first kappa shape index (κ1) is 14.6. The van der Waals surface area contributed by atoms with Crippen molar-refractivity contribution in [3.8, 4) is 5.69 Å². The molecule has 0 aliphatic heterocycles. The van der Waals surface area contributed by atoms with Crippen molar-refractivity contribution in [2.75, 3.05) is 0 Å². The van der Waals surface area contributed by atoms with Gasteiger partial charge in [-0.05, 0) is 12.8 Å². The van der Waals surface area contributed by atoms with Crippen LogP contribution in [0.4, 0.5) is 13.2 Å². The van der Waals surface area contributed by atoms with E-state index in [9.17, 15) is 13.2 Å². The predicted octanol–water partition coefficient (Wildman–Crippen LogP) is 2.87. The average molecular weight is 283 g/mol. The predicted molar refractivity (Wildman–Crippen MR) is 70.1 cm³/mol. The summed E-state index contributed by atoms with van der Waals surface area (Å²) >= 11 is 0. The summed E-state index contributed by atoms with van der Waals surface area (Å²) in [7, 11) is 0. The highest BCUT2D eigenvalue weighted by molar-refractivity contribution is 5.39. The molecule has 0 fully saturated rings. The minimum atomic E-state index is -1.48. The topological polar surface area (TPSA) is 43.8 Å². The lowest BCUT2D eigenvalue weighted by molar-refractivity contribution is 0.445. The molecule has 2 rings (SSSR count). The van der Waals surface area contributed by atoms with Gasteiger partial charge in [0.05, 0.1) is 11.4 Å². The average Bonchev–Trinajstić information content (AvgIpc) is 2.81. The highest BCUT2D eigenvalue weighted by Crippen LogP contribution is 2.22. The quantitative estimate of drug-likeness (QED) is 0.877. The standard InChI is InChI=1S/C14H16F3N3/c1-3-12-9(7-18)13(4-2)20(19-12)8-5-10(15)14(17)11(16)6-8/h5-6H,3-4,7,18H2,1-2H3. The number of aromatic nitrogens is 2. The van der Waals surface area contributed by atoms with E-state index in [1.807, 2.05) is 13.8 Å². The van der Waals surface area contributed by atoms with Crippen molar-refractivity contribution in [2.45, 2.75) is 33.2 Å². The van der Waals surface area contributed by atoms with E-state index >= 15 is 0 Å². The van der Waals surface area contributed by atoms with Crippen molar-refractivity contribution in [1.82, 2.24) is 9.78 Å². The van der Waals surface area contributed by atoms with Crippen molar-refractivity contribution >= 4 is 0 Å². The second-order valence-electron chi connectivity index (χ2n) is 4.42. The Morgan fingerprint density at radius 1 is 1.10 bits per heavy atom. The molecule has 0 radical (unpaired) electrons. The summed E-state index contributed by atoms with van der Waals surface area (Å²) in [4.78, 5) is 0. The van der Waals surface area contributed by atoms with E-state index < -0.39 is 17.5 Å². The van der Waals surface area contributed by atoms with E-state index in [-0.39, 0.29) is 5.69 Å². The lowest BCUT2D eigenvalue weighted by Gasteiger charge is -2.08. The van der Waals surface area contributed by atoms with Gasteiger partial charge in [0.1, 0.15) is 0 Å². The summed E-state index contributed by atoms with van der Waals surface area (Å²) in [6, 6.07) is 1.87. The Morgan fingerprint density at radius 2 is 1.70 bits per heavy atom. The third-order valence-corrected chi connectivity index (χ3v) is 3.26. The van der Waals surface area contributed by atoms with Gasteiger partial charge in [-0.25, -0.2) is 17.9 Å². The van der Waals surface area contributed by atoms with Gasteiger partial charge >= 0.3 is 0 Å². The number of hydrogen-bond donors (Lipinski definition) is 1. The minimum absolute atomic E-state index is 0.160. The van der Waals surface area contributed by atoms with Crippen molar-refractivity contribution in [2.24, 2.45) is 5.73 Å². The van der Waals surface area contributed by atoms with Gasteiger partial charge in [0.15, 0.2) is 17.5 Å². The van der Waals surface area contributed by atoms with Gasteiger partial charge in [0, 0.05) is 29.9 Å². The molecule has 0 unspecified atom stereocenters. The van der Waals surface area contributed by atoms with Crippen molar-refractivity contribution in [1.29, 1.82) is 0 Å². The molecule has 1 heterocycles. The molecule has 0 saturated carbocycles. The molecule has 0 bridgehead atoms. The number of nitrogens with zero attached hydrogens (tertiary/aromatic N) is 2. The first-order valence-electron chi connectivity index (χ1n) is 6.48. The molecule has 20 heavy (non-hydrogen) atoms. The molecule has 0 aliphatic carbocycles. The normalized spacial score (nSPS) is 11.1. The zero-order chi connectivity index (χ0) is 14.9. The maximum Gasteiger partial charge on any atom is 0.194 e. The van der Waals surface area contributed by atoms with E-state index in [0.717, 1.165) is 29.1 Å². The van der Waals surface area contributed by atoms with Gasteiger partial charge in [0.25, 0.3) is 0 Å². The maximum absolute atomic E-state index is 13.4. The molecule has 1 aromatic heterocycles. The molecule has 108 valence electrons. The van der Waals surface area contributed by atoms with Gasteiger partial charge in [0.2, 0.25) is 0 Å². The Balaban J connectivity index is 2.66. The number of aryl methyl sites for hydroxylation is 1. The number of benzene rings is 1. The molecule has 0 spiro atoms. The van der Waals surface area contributed by atoms with E-state index in [4.69, 9.17) is 5.73 Å². The Morgan fingerprint density at radius 3 is 2.15 bits per heavy atom. The Bertz CT molecular complexity index is 612. The highest BCUT2D eigenvalue weighted by Gasteiger charge is 2.18. The fourth-order valence-electron chi connectivity index (χ4n) is 2.30. The van der Waals surface area contributed by atoms with Crippen LogP contribution in [0.1, 0.15) is 30.8 Å². The van der Waals surface area contributed by atoms with Crippen LogP contribution >= 0.6 is 0 Å². The van der Waals surface area contributed by atoms with E-state index in [0.29, 0.717) is 19.4 Å². The van der Waals surface area contributed by atoms with E-state index in [2.05, 4.69) is 5.10 Å². The van der Waals surface area contributed by atoms with E-state index in [1.165, 1.54) is 4.68 Å². The monoisotopic (exact) mass is 283 g/mol. The summed E-state index contributed by atoms with van der Waals surface area (Å²) in [6.45, 7) is 4.14. The zero-order valence-corrected chi connectivity index (χ0v) is 11.4. The highest BCUT2D eigenvalue weighted by atomic mass is 19.2. The Kier molecular flexibility index (Phi) is 4.13. The Hall–Kier alpha value is -1.82. The van der Waals surface area contributed by atoms with Crippen LogP contribution in [0.2, 0.25) is 0 Å². The zero-order valence-electron chi connectivity index (χ0n) is 11.4. The molecule has 2 N–H and O–H groups in total. The molecule has 0 saturated heterocycles. The number of nitrogens with two attached hydrogens (primary N) is 1. The number of rotatable bonds is 4. The van der Waals surface area contributed by atoms with Gasteiger partial charge < -0.3 is 5.73 Å². The number of halogens is 3. The molecule has 0 aliphatic rings. The summed E-state index contributed by atoms with van der Waals surface area (Å²) in [5.41, 5.74) is 8.32. The van der Waals surface area contributed by atoms with Gasteiger partial charge in [-0.1, -0.05) is 13.8 Å². The molecule has 0 amide bonds. The van der Waals surface area contributed by atoms with Crippen LogP contribution in [-0.4, -0.2) is 9.78 Å².